The van der Waals surface area contributed by atoms with Crippen molar-refractivity contribution >= 4 is 11.9 Å². The monoisotopic (exact) mass is 497 g/mol. The molecule has 0 aromatic heterocycles. The Bertz CT molecular complexity index is 1230. The molecule has 4 rings (SSSR count). The number of nitrogens with zero attached hydrogens (tertiary/aromatic N) is 3. The first-order valence-corrected chi connectivity index (χ1v) is 13.1. The second-order valence-corrected chi connectivity index (χ2v) is 10.2. The van der Waals surface area contributed by atoms with Crippen LogP contribution in [-0.4, -0.2) is 81.0 Å². The molecule has 3 aromatic carbocycles. The van der Waals surface area contributed by atoms with Gasteiger partial charge in [0.1, 0.15) is 12.4 Å². The van der Waals surface area contributed by atoms with Gasteiger partial charge < -0.3 is 14.5 Å². The first-order valence-electron chi connectivity index (χ1n) is 13.1. The van der Waals surface area contributed by atoms with Gasteiger partial charge in [0.05, 0.1) is 5.56 Å². The summed E-state index contributed by atoms with van der Waals surface area (Å²) in [6.07, 6.45) is 3.65. The molecule has 0 bridgehead atoms. The van der Waals surface area contributed by atoms with E-state index in [-0.39, 0.29) is 5.78 Å². The molecule has 1 aliphatic heterocycles. The van der Waals surface area contributed by atoms with Gasteiger partial charge in [-0.1, -0.05) is 60.7 Å². The zero-order valence-electron chi connectivity index (χ0n) is 22.6. The minimum atomic E-state index is -0.0512. The first-order chi connectivity index (χ1) is 17.9. The highest BCUT2D eigenvalue weighted by Gasteiger charge is 2.16. The van der Waals surface area contributed by atoms with Gasteiger partial charge in [-0.25, -0.2) is 0 Å². The van der Waals surface area contributed by atoms with Crippen molar-refractivity contribution in [3.05, 3.63) is 95.1 Å². The van der Waals surface area contributed by atoms with Gasteiger partial charge in [0.15, 0.2) is 5.78 Å². The average molecular weight is 498 g/mol. The molecule has 0 atom stereocenters. The number of likely N-dealkylation sites (N-methyl/N-ethyl adjacent to an activating group) is 2. The summed E-state index contributed by atoms with van der Waals surface area (Å²) in [7, 11) is 6.20. The molecule has 0 radical (unpaired) electrons. The summed E-state index contributed by atoms with van der Waals surface area (Å²) >= 11 is 0. The van der Waals surface area contributed by atoms with Crippen LogP contribution in [0, 0.1) is 6.92 Å². The van der Waals surface area contributed by atoms with Crippen LogP contribution in [0.2, 0.25) is 0 Å². The molecular formula is C32H39N3O2. The van der Waals surface area contributed by atoms with Crippen molar-refractivity contribution in [3.8, 4) is 16.9 Å². The fourth-order valence-corrected chi connectivity index (χ4v) is 4.59. The molecule has 1 heterocycles. The van der Waals surface area contributed by atoms with Crippen LogP contribution in [0.4, 0.5) is 0 Å². The van der Waals surface area contributed by atoms with E-state index in [1.54, 1.807) is 6.08 Å². The van der Waals surface area contributed by atoms with Gasteiger partial charge in [0, 0.05) is 39.3 Å². The molecule has 0 N–H and O–H groups in total. The Hall–Kier alpha value is -3.25. The van der Waals surface area contributed by atoms with Gasteiger partial charge in [0.25, 0.3) is 0 Å². The van der Waals surface area contributed by atoms with Crippen molar-refractivity contribution < 1.29 is 9.53 Å². The highest BCUT2D eigenvalue weighted by Crippen LogP contribution is 2.30. The van der Waals surface area contributed by atoms with E-state index in [1.807, 2.05) is 56.6 Å². The fourth-order valence-electron chi connectivity index (χ4n) is 4.59. The number of carbonyl (C=O) groups is 1. The van der Waals surface area contributed by atoms with Crippen LogP contribution in [0.15, 0.2) is 72.8 Å². The fraction of sp³-hybridized carbons (Fsp3) is 0.344. The van der Waals surface area contributed by atoms with E-state index in [0.717, 1.165) is 56.0 Å². The number of piperazine rings is 1. The number of hydrogen-bond donors (Lipinski definition) is 0. The number of ketones is 1. The lowest BCUT2D eigenvalue weighted by Gasteiger charge is -2.32. The summed E-state index contributed by atoms with van der Waals surface area (Å²) in [5.74, 6) is 0.573. The topological polar surface area (TPSA) is 36.0 Å². The van der Waals surface area contributed by atoms with E-state index in [0.29, 0.717) is 17.9 Å². The van der Waals surface area contributed by atoms with E-state index >= 15 is 0 Å². The van der Waals surface area contributed by atoms with Crippen LogP contribution in [0.3, 0.4) is 0 Å². The zero-order valence-corrected chi connectivity index (χ0v) is 22.6. The van der Waals surface area contributed by atoms with Gasteiger partial charge in [-0.3, -0.25) is 9.69 Å². The second-order valence-electron chi connectivity index (χ2n) is 10.2. The molecular weight excluding hydrogens is 458 g/mol. The molecule has 37 heavy (non-hydrogen) atoms. The Morgan fingerprint density at radius 3 is 2.46 bits per heavy atom. The predicted molar refractivity (Wildman–Crippen MR) is 153 cm³/mol. The standard InChI is InChI=1S/C32H39N3O2/c1-25-9-5-8-12-29(25)27-14-16-32(37-22-21-33(2)3)30(23-27)31(36)15-13-26-10-6-7-11-28(26)24-35-19-17-34(4)18-20-35/h5-16,23H,17-22,24H2,1-4H3/b15-13+. The lowest BCUT2D eigenvalue weighted by molar-refractivity contribution is 0.104. The number of rotatable bonds is 10. The Kier molecular flexibility index (Phi) is 9.29. The van der Waals surface area contributed by atoms with Gasteiger partial charge in [0.2, 0.25) is 0 Å². The van der Waals surface area contributed by atoms with E-state index in [4.69, 9.17) is 4.74 Å². The van der Waals surface area contributed by atoms with Crippen LogP contribution in [0.1, 0.15) is 27.0 Å². The van der Waals surface area contributed by atoms with Crippen LogP contribution < -0.4 is 4.74 Å². The lowest BCUT2D eigenvalue weighted by atomic mass is 9.96. The number of carbonyl (C=O) groups excluding carboxylic acids is 1. The molecule has 5 nitrogen and oxygen atoms in total. The maximum absolute atomic E-state index is 13.5. The van der Waals surface area contributed by atoms with Crippen molar-refractivity contribution in [1.82, 2.24) is 14.7 Å². The van der Waals surface area contributed by atoms with Crippen LogP contribution >= 0.6 is 0 Å². The van der Waals surface area contributed by atoms with Crippen molar-refractivity contribution in [2.45, 2.75) is 13.5 Å². The summed E-state index contributed by atoms with van der Waals surface area (Å²) in [6, 6.07) is 22.6. The number of ether oxygens (including phenoxy) is 1. The quantitative estimate of drug-likeness (QED) is 0.283. The maximum Gasteiger partial charge on any atom is 0.189 e. The van der Waals surface area contributed by atoms with Crippen LogP contribution in [-0.2, 0) is 6.54 Å². The maximum atomic E-state index is 13.5. The number of benzene rings is 3. The Labute approximate surface area is 222 Å². The molecule has 0 amide bonds. The minimum absolute atomic E-state index is 0.0512. The normalized spacial score (nSPS) is 14.9. The predicted octanol–water partition coefficient (Wildman–Crippen LogP) is 5.25. The number of aryl methyl sites for hydroxylation is 1. The highest BCUT2D eigenvalue weighted by atomic mass is 16.5. The summed E-state index contributed by atoms with van der Waals surface area (Å²) in [4.78, 5) is 20.5. The molecule has 0 spiro atoms. The first kappa shape index (κ1) is 26.8. The third kappa shape index (κ3) is 7.39. The molecule has 3 aromatic rings. The summed E-state index contributed by atoms with van der Waals surface area (Å²) in [6.45, 7) is 8.59. The van der Waals surface area contributed by atoms with Crippen molar-refractivity contribution in [2.75, 3.05) is 60.5 Å². The van der Waals surface area contributed by atoms with Crippen molar-refractivity contribution in [3.63, 3.8) is 0 Å². The lowest BCUT2D eigenvalue weighted by Crippen LogP contribution is -2.43. The Morgan fingerprint density at radius 2 is 1.70 bits per heavy atom. The number of hydrogen-bond acceptors (Lipinski definition) is 5. The SMILES string of the molecule is Cc1ccccc1-c1ccc(OCCN(C)C)c(C(=O)/C=C/c2ccccc2CN2CCN(C)CC2)c1. The van der Waals surface area contributed by atoms with E-state index in [9.17, 15) is 4.79 Å². The van der Waals surface area contributed by atoms with E-state index in [1.165, 1.54) is 11.1 Å². The van der Waals surface area contributed by atoms with Crippen molar-refractivity contribution in [2.24, 2.45) is 0 Å². The number of allylic oxidation sites excluding steroid dienone is 1. The van der Waals surface area contributed by atoms with Gasteiger partial charge in [-0.05, 0) is 74.1 Å². The largest absolute Gasteiger partial charge is 0.491 e. The molecule has 194 valence electrons. The van der Waals surface area contributed by atoms with Gasteiger partial charge >= 0.3 is 0 Å². The van der Waals surface area contributed by atoms with Crippen LogP contribution in [0.25, 0.3) is 17.2 Å². The molecule has 0 aliphatic carbocycles. The third-order valence-electron chi connectivity index (χ3n) is 6.96. The minimum Gasteiger partial charge on any atom is -0.491 e. The highest BCUT2D eigenvalue weighted by molar-refractivity contribution is 6.09. The van der Waals surface area contributed by atoms with Crippen LogP contribution in [0.5, 0.6) is 5.75 Å². The average Bonchev–Trinajstić information content (AvgIpc) is 2.89. The molecule has 1 aliphatic rings. The summed E-state index contributed by atoms with van der Waals surface area (Å²) in [5, 5.41) is 0. The smallest absolute Gasteiger partial charge is 0.189 e. The molecule has 1 saturated heterocycles. The Morgan fingerprint density at radius 1 is 0.973 bits per heavy atom. The van der Waals surface area contributed by atoms with E-state index < -0.39 is 0 Å². The van der Waals surface area contributed by atoms with Gasteiger partial charge in [-0.2, -0.15) is 0 Å². The molecule has 0 unspecified atom stereocenters. The van der Waals surface area contributed by atoms with Gasteiger partial charge in [-0.15, -0.1) is 0 Å². The Balaban J connectivity index is 1.58. The molecule has 5 heteroatoms. The van der Waals surface area contributed by atoms with Crippen molar-refractivity contribution in [1.29, 1.82) is 0 Å². The molecule has 1 fully saturated rings. The summed E-state index contributed by atoms with van der Waals surface area (Å²) < 4.78 is 6.07. The summed E-state index contributed by atoms with van der Waals surface area (Å²) in [5.41, 5.74) is 6.23. The second kappa shape index (κ2) is 12.8. The third-order valence-corrected chi connectivity index (χ3v) is 6.96. The molecule has 0 saturated carbocycles. The zero-order chi connectivity index (χ0) is 26.2. The van der Waals surface area contributed by atoms with E-state index in [2.05, 4.69) is 59.0 Å².